The number of carbonyl (C=O) groups is 3. The van der Waals surface area contributed by atoms with Crippen molar-refractivity contribution in [2.45, 2.75) is 79.2 Å². The fourth-order valence-electron chi connectivity index (χ4n) is 4.95. The molecular weight excluding hydrogens is 508 g/mol. The molecule has 3 rings (SSSR count). The van der Waals surface area contributed by atoms with Gasteiger partial charge in [-0.05, 0) is 57.9 Å². The third-order valence-electron chi connectivity index (χ3n) is 7.20. The Morgan fingerprint density at radius 1 is 1.15 bits per heavy atom. The molecule has 1 saturated heterocycles. The van der Waals surface area contributed by atoms with Gasteiger partial charge in [0, 0.05) is 50.4 Å². The summed E-state index contributed by atoms with van der Waals surface area (Å²) in [6, 6.07) is 0. The van der Waals surface area contributed by atoms with Gasteiger partial charge in [-0.2, -0.15) is 5.10 Å². The highest BCUT2D eigenvalue weighted by molar-refractivity contribution is 5.96. The van der Waals surface area contributed by atoms with Gasteiger partial charge in [-0.15, -0.1) is 0 Å². The molecule has 2 aliphatic heterocycles. The van der Waals surface area contributed by atoms with Crippen LogP contribution in [0.15, 0.2) is 36.0 Å². The van der Waals surface area contributed by atoms with E-state index in [-0.39, 0.29) is 24.0 Å². The minimum Gasteiger partial charge on any atom is -0.461 e. The SMILES string of the molecule is C=C(/C=C\C=C(/C)C(=O)N1CCCCC1)C(=O)OCC(C)(C)Cn1nc(CC)c2c1CCCOCCCNC2=O. The van der Waals surface area contributed by atoms with Gasteiger partial charge in [-0.1, -0.05) is 39.5 Å². The quantitative estimate of drug-likeness (QED) is 0.279. The number of allylic oxidation sites excluding steroid dienone is 2. The van der Waals surface area contributed by atoms with Crippen molar-refractivity contribution in [3.8, 4) is 0 Å². The minimum atomic E-state index is -0.511. The number of rotatable bonds is 9. The molecule has 0 unspecified atom stereocenters. The second-order valence-electron chi connectivity index (χ2n) is 11.4. The number of aromatic nitrogens is 2. The molecule has 2 amide bonds. The number of hydrogen-bond acceptors (Lipinski definition) is 6. The molecule has 3 heterocycles. The molecule has 40 heavy (non-hydrogen) atoms. The topological polar surface area (TPSA) is 103 Å². The van der Waals surface area contributed by atoms with E-state index in [1.54, 1.807) is 25.2 Å². The zero-order valence-corrected chi connectivity index (χ0v) is 24.7. The van der Waals surface area contributed by atoms with Gasteiger partial charge >= 0.3 is 5.97 Å². The highest BCUT2D eigenvalue weighted by atomic mass is 16.5. The van der Waals surface area contributed by atoms with Crippen LogP contribution in [0.5, 0.6) is 0 Å². The molecule has 220 valence electrons. The van der Waals surface area contributed by atoms with Crippen LogP contribution in [0, 0.1) is 5.41 Å². The van der Waals surface area contributed by atoms with Crippen molar-refractivity contribution >= 4 is 17.8 Å². The first-order chi connectivity index (χ1) is 19.1. The summed E-state index contributed by atoms with van der Waals surface area (Å²) in [5, 5.41) is 7.79. The van der Waals surface area contributed by atoms with E-state index in [9.17, 15) is 14.4 Å². The van der Waals surface area contributed by atoms with Gasteiger partial charge in [0.1, 0.15) is 0 Å². The summed E-state index contributed by atoms with van der Waals surface area (Å²) in [7, 11) is 0. The van der Waals surface area contributed by atoms with E-state index in [2.05, 4.69) is 11.9 Å². The second kappa shape index (κ2) is 15.0. The number of amides is 2. The van der Waals surface area contributed by atoms with Crippen LogP contribution in [0.3, 0.4) is 0 Å². The smallest absolute Gasteiger partial charge is 0.337 e. The van der Waals surface area contributed by atoms with Gasteiger partial charge in [0.15, 0.2) is 0 Å². The Bertz CT molecular complexity index is 1120. The first-order valence-electron chi connectivity index (χ1n) is 14.6. The number of esters is 1. The molecule has 0 spiro atoms. The van der Waals surface area contributed by atoms with Gasteiger partial charge in [0.25, 0.3) is 5.91 Å². The Kier molecular flexibility index (Phi) is 11.7. The van der Waals surface area contributed by atoms with E-state index in [0.717, 1.165) is 50.2 Å². The van der Waals surface area contributed by atoms with Gasteiger partial charge in [0.2, 0.25) is 5.91 Å². The number of aryl methyl sites for hydroxylation is 1. The van der Waals surface area contributed by atoms with Gasteiger partial charge < -0.3 is 19.7 Å². The van der Waals surface area contributed by atoms with Gasteiger partial charge in [-0.3, -0.25) is 14.3 Å². The molecule has 1 N–H and O–H groups in total. The van der Waals surface area contributed by atoms with E-state index >= 15 is 0 Å². The molecular formula is C31H46N4O5. The molecule has 1 fully saturated rings. The molecule has 9 heteroatoms. The van der Waals surface area contributed by atoms with Crippen LogP contribution in [0.2, 0.25) is 0 Å². The summed E-state index contributed by atoms with van der Waals surface area (Å²) in [5.41, 5.74) is 2.73. The average molecular weight is 555 g/mol. The molecule has 0 aliphatic carbocycles. The third-order valence-corrected chi connectivity index (χ3v) is 7.20. The standard InChI is InChI=1S/C31H46N4O5/c1-6-25-27-26(15-11-19-39-20-12-16-32-28(27)36)35(33-25)21-31(4,5)22-40-30(38)24(3)14-10-13-23(2)29(37)34-17-8-7-9-18-34/h10,13-14H,3,6-9,11-12,15-22H2,1-2,4-5H3,(H,32,36)/b14-10-,23-13+. The zero-order valence-electron chi connectivity index (χ0n) is 24.7. The number of hydrogen-bond donors (Lipinski definition) is 1. The Morgan fingerprint density at radius 3 is 2.60 bits per heavy atom. The molecule has 0 radical (unpaired) electrons. The molecule has 1 aromatic heterocycles. The van der Waals surface area contributed by atoms with E-state index < -0.39 is 11.4 Å². The maximum Gasteiger partial charge on any atom is 0.337 e. The highest BCUT2D eigenvalue weighted by Crippen LogP contribution is 2.25. The van der Waals surface area contributed by atoms with Crippen LogP contribution in [0.1, 0.15) is 81.5 Å². The minimum absolute atomic E-state index is 0.0318. The monoisotopic (exact) mass is 554 g/mol. The largest absolute Gasteiger partial charge is 0.461 e. The normalized spacial score (nSPS) is 17.6. The summed E-state index contributed by atoms with van der Waals surface area (Å²) in [6.07, 6.45) is 11.1. The van der Waals surface area contributed by atoms with E-state index in [1.807, 2.05) is 30.4 Å². The Balaban J connectivity index is 1.61. The number of nitrogens with zero attached hydrogens (tertiary/aromatic N) is 3. The molecule has 2 aliphatic rings. The lowest BCUT2D eigenvalue weighted by Gasteiger charge is -2.26. The average Bonchev–Trinajstić information content (AvgIpc) is 3.27. The van der Waals surface area contributed by atoms with E-state index in [1.165, 1.54) is 6.42 Å². The van der Waals surface area contributed by atoms with Crippen LogP contribution in [-0.2, 0) is 38.4 Å². The zero-order chi connectivity index (χ0) is 29.1. The van der Waals surface area contributed by atoms with Crippen LogP contribution in [0.25, 0.3) is 0 Å². The van der Waals surface area contributed by atoms with E-state index in [0.29, 0.717) is 50.3 Å². The molecule has 0 aromatic carbocycles. The Hall–Kier alpha value is -3.20. The number of nitrogens with one attached hydrogen (secondary N) is 1. The van der Waals surface area contributed by atoms with Gasteiger partial charge in [0.05, 0.1) is 29.1 Å². The Labute approximate surface area is 238 Å². The van der Waals surface area contributed by atoms with Crippen molar-refractivity contribution in [3.63, 3.8) is 0 Å². The molecule has 0 atom stereocenters. The lowest BCUT2D eigenvalue weighted by atomic mass is 9.94. The van der Waals surface area contributed by atoms with Crippen molar-refractivity contribution < 1.29 is 23.9 Å². The maximum absolute atomic E-state index is 13.0. The number of likely N-dealkylation sites (tertiary alicyclic amines) is 1. The van der Waals surface area contributed by atoms with Crippen molar-refractivity contribution in [2.75, 3.05) is 39.5 Å². The first kappa shape index (κ1) is 31.3. The number of piperidine rings is 1. The summed E-state index contributed by atoms with van der Waals surface area (Å²) in [6.45, 7) is 15.7. The fraction of sp³-hybridized carbons (Fsp3) is 0.613. The number of ether oxygens (including phenoxy) is 2. The van der Waals surface area contributed by atoms with Gasteiger partial charge in [-0.25, -0.2) is 4.79 Å². The van der Waals surface area contributed by atoms with Crippen LogP contribution >= 0.6 is 0 Å². The molecule has 0 bridgehead atoms. The highest BCUT2D eigenvalue weighted by Gasteiger charge is 2.28. The second-order valence-corrected chi connectivity index (χ2v) is 11.4. The summed E-state index contributed by atoms with van der Waals surface area (Å²) >= 11 is 0. The van der Waals surface area contributed by atoms with Crippen molar-refractivity contribution in [1.29, 1.82) is 0 Å². The van der Waals surface area contributed by atoms with Crippen molar-refractivity contribution in [3.05, 3.63) is 52.9 Å². The van der Waals surface area contributed by atoms with Crippen LogP contribution in [0.4, 0.5) is 0 Å². The molecule has 1 aromatic rings. The summed E-state index contributed by atoms with van der Waals surface area (Å²) < 4.78 is 13.2. The molecule has 0 saturated carbocycles. The van der Waals surface area contributed by atoms with Crippen LogP contribution < -0.4 is 5.32 Å². The number of fused-ring (bicyclic) bond motifs is 1. The Morgan fingerprint density at radius 2 is 1.88 bits per heavy atom. The summed E-state index contributed by atoms with van der Waals surface area (Å²) in [4.78, 5) is 40.1. The molecule has 9 nitrogen and oxygen atoms in total. The lowest BCUT2D eigenvalue weighted by molar-refractivity contribution is -0.141. The number of carbonyl (C=O) groups excluding carboxylic acids is 3. The van der Waals surface area contributed by atoms with Crippen molar-refractivity contribution in [2.24, 2.45) is 5.41 Å². The summed E-state index contributed by atoms with van der Waals surface area (Å²) in [5.74, 6) is -0.568. The fourth-order valence-corrected chi connectivity index (χ4v) is 4.95. The maximum atomic E-state index is 13.0. The van der Waals surface area contributed by atoms with Crippen molar-refractivity contribution in [1.82, 2.24) is 20.0 Å². The predicted molar refractivity (Wildman–Crippen MR) is 155 cm³/mol. The first-order valence-corrected chi connectivity index (χ1v) is 14.6. The lowest BCUT2D eigenvalue weighted by Crippen LogP contribution is -2.36. The predicted octanol–water partition coefficient (Wildman–Crippen LogP) is 4.17. The third kappa shape index (κ3) is 8.91. The van der Waals surface area contributed by atoms with Crippen LogP contribution in [-0.4, -0.2) is 71.9 Å². The van der Waals surface area contributed by atoms with E-state index in [4.69, 9.17) is 14.6 Å².